The molecule has 0 radical (unpaired) electrons. The SMILES string of the molecule is Cc1ccn(CC(C#N)C2CCC2)n1. The molecule has 1 atom stereocenters. The van der Waals surface area contributed by atoms with Crippen LogP contribution in [-0.4, -0.2) is 9.78 Å². The van der Waals surface area contributed by atoms with Crippen LogP contribution in [0, 0.1) is 30.1 Å². The Hall–Kier alpha value is -1.30. The van der Waals surface area contributed by atoms with E-state index in [-0.39, 0.29) is 5.92 Å². The maximum absolute atomic E-state index is 9.04. The molecule has 0 aliphatic heterocycles. The maximum atomic E-state index is 9.04. The van der Waals surface area contributed by atoms with Gasteiger partial charge in [0.15, 0.2) is 0 Å². The van der Waals surface area contributed by atoms with E-state index in [4.69, 9.17) is 5.26 Å². The number of rotatable bonds is 3. The van der Waals surface area contributed by atoms with Gasteiger partial charge < -0.3 is 0 Å². The van der Waals surface area contributed by atoms with Gasteiger partial charge in [0.1, 0.15) is 0 Å². The molecule has 0 spiro atoms. The largest absolute Gasteiger partial charge is 0.271 e. The van der Waals surface area contributed by atoms with Crippen LogP contribution < -0.4 is 0 Å². The van der Waals surface area contributed by atoms with Crippen molar-refractivity contribution < 1.29 is 0 Å². The Morgan fingerprint density at radius 1 is 1.71 bits per heavy atom. The molecule has 1 aromatic heterocycles. The van der Waals surface area contributed by atoms with E-state index >= 15 is 0 Å². The first-order valence-corrected chi connectivity index (χ1v) is 5.19. The summed E-state index contributed by atoms with van der Waals surface area (Å²) in [5, 5.41) is 13.3. The molecule has 3 heteroatoms. The summed E-state index contributed by atoms with van der Waals surface area (Å²) >= 11 is 0. The van der Waals surface area contributed by atoms with Gasteiger partial charge in [0.05, 0.1) is 24.2 Å². The Morgan fingerprint density at radius 2 is 2.50 bits per heavy atom. The summed E-state index contributed by atoms with van der Waals surface area (Å²) < 4.78 is 1.89. The zero-order chi connectivity index (χ0) is 9.97. The average Bonchev–Trinajstić information content (AvgIpc) is 2.47. The first kappa shape index (κ1) is 9.26. The number of aromatic nitrogens is 2. The van der Waals surface area contributed by atoms with Gasteiger partial charge in [-0.3, -0.25) is 4.68 Å². The molecule has 3 nitrogen and oxygen atoms in total. The summed E-state index contributed by atoms with van der Waals surface area (Å²) in [5.41, 5.74) is 1.02. The maximum Gasteiger partial charge on any atom is 0.0687 e. The fourth-order valence-electron chi connectivity index (χ4n) is 1.90. The second-order valence-electron chi connectivity index (χ2n) is 4.11. The third kappa shape index (κ3) is 1.79. The standard InChI is InChI=1S/C11H15N3/c1-9-5-6-14(13-9)8-11(7-12)10-3-2-4-10/h5-6,10-11H,2-4,8H2,1H3. The van der Waals surface area contributed by atoms with E-state index < -0.39 is 0 Å². The van der Waals surface area contributed by atoms with Crippen molar-refractivity contribution in [3.8, 4) is 6.07 Å². The lowest BCUT2D eigenvalue weighted by Gasteiger charge is -2.29. The van der Waals surface area contributed by atoms with E-state index in [1.54, 1.807) is 0 Å². The Kier molecular flexibility index (Phi) is 2.53. The highest BCUT2D eigenvalue weighted by atomic mass is 15.3. The average molecular weight is 189 g/mol. The summed E-state index contributed by atoms with van der Waals surface area (Å²) in [6, 6.07) is 4.38. The van der Waals surface area contributed by atoms with Crippen molar-refractivity contribution in [1.82, 2.24) is 9.78 Å². The van der Waals surface area contributed by atoms with Gasteiger partial charge in [0.2, 0.25) is 0 Å². The summed E-state index contributed by atoms with van der Waals surface area (Å²) in [7, 11) is 0. The molecule has 74 valence electrons. The van der Waals surface area contributed by atoms with Crippen LogP contribution in [0.25, 0.3) is 0 Å². The number of hydrogen-bond donors (Lipinski definition) is 0. The van der Waals surface area contributed by atoms with Crippen molar-refractivity contribution in [2.75, 3.05) is 0 Å². The first-order chi connectivity index (χ1) is 6.79. The fraction of sp³-hybridized carbons (Fsp3) is 0.636. The highest BCUT2D eigenvalue weighted by Gasteiger charge is 2.27. The molecule has 1 unspecified atom stereocenters. The van der Waals surface area contributed by atoms with Crippen LogP contribution in [0.2, 0.25) is 0 Å². The minimum Gasteiger partial charge on any atom is -0.271 e. The smallest absolute Gasteiger partial charge is 0.0687 e. The molecule has 1 aliphatic rings. The van der Waals surface area contributed by atoms with Gasteiger partial charge >= 0.3 is 0 Å². The monoisotopic (exact) mass is 189 g/mol. The molecule has 0 N–H and O–H groups in total. The van der Waals surface area contributed by atoms with Crippen LogP contribution in [0.15, 0.2) is 12.3 Å². The van der Waals surface area contributed by atoms with Gasteiger partial charge in [-0.2, -0.15) is 10.4 Å². The van der Waals surface area contributed by atoms with Gasteiger partial charge in [-0.15, -0.1) is 0 Å². The van der Waals surface area contributed by atoms with Gasteiger partial charge in [0.25, 0.3) is 0 Å². The van der Waals surface area contributed by atoms with Crippen LogP contribution in [0.1, 0.15) is 25.0 Å². The fourth-order valence-corrected chi connectivity index (χ4v) is 1.90. The van der Waals surface area contributed by atoms with E-state index in [0.717, 1.165) is 12.2 Å². The molecule has 1 aliphatic carbocycles. The third-order valence-corrected chi connectivity index (χ3v) is 3.04. The molecule has 0 bridgehead atoms. The summed E-state index contributed by atoms with van der Waals surface area (Å²) in [6.07, 6.45) is 5.69. The molecule has 0 aromatic carbocycles. The van der Waals surface area contributed by atoms with Crippen molar-refractivity contribution in [3.63, 3.8) is 0 Å². The summed E-state index contributed by atoms with van der Waals surface area (Å²) in [6.45, 7) is 2.73. The van der Waals surface area contributed by atoms with Crippen LogP contribution in [0.5, 0.6) is 0 Å². The highest BCUT2D eigenvalue weighted by Crippen LogP contribution is 2.33. The predicted molar refractivity (Wildman–Crippen MR) is 53.4 cm³/mol. The van der Waals surface area contributed by atoms with Crippen molar-refractivity contribution in [2.24, 2.45) is 11.8 Å². The van der Waals surface area contributed by atoms with E-state index in [0.29, 0.717) is 5.92 Å². The van der Waals surface area contributed by atoms with Gasteiger partial charge in [-0.05, 0) is 31.7 Å². The lowest BCUT2D eigenvalue weighted by atomic mass is 9.76. The summed E-state index contributed by atoms with van der Waals surface area (Å²) in [4.78, 5) is 0. The molecule has 0 amide bonds. The summed E-state index contributed by atoms with van der Waals surface area (Å²) in [5.74, 6) is 0.771. The normalized spacial score (nSPS) is 18.6. The second-order valence-corrected chi connectivity index (χ2v) is 4.11. The van der Waals surface area contributed by atoms with Gasteiger partial charge in [-0.1, -0.05) is 6.42 Å². The van der Waals surface area contributed by atoms with Crippen molar-refractivity contribution in [2.45, 2.75) is 32.7 Å². The number of nitriles is 1. The lowest BCUT2D eigenvalue weighted by molar-refractivity contribution is 0.223. The molecular formula is C11H15N3. The van der Waals surface area contributed by atoms with Crippen molar-refractivity contribution >= 4 is 0 Å². The van der Waals surface area contributed by atoms with E-state index in [9.17, 15) is 0 Å². The van der Waals surface area contributed by atoms with E-state index in [1.807, 2.05) is 23.9 Å². The Labute approximate surface area is 84.3 Å². The quantitative estimate of drug-likeness (QED) is 0.731. The number of aryl methyl sites for hydroxylation is 1. The minimum atomic E-state index is 0.156. The lowest BCUT2D eigenvalue weighted by Crippen LogP contribution is -2.25. The molecule has 1 saturated carbocycles. The second kappa shape index (κ2) is 3.83. The van der Waals surface area contributed by atoms with Crippen molar-refractivity contribution in [1.29, 1.82) is 5.26 Å². The molecule has 14 heavy (non-hydrogen) atoms. The van der Waals surface area contributed by atoms with Gasteiger partial charge in [0, 0.05) is 6.20 Å². The Bertz CT molecular complexity index is 344. The Balaban J connectivity index is 1.98. The number of hydrogen-bond acceptors (Lipinski definition) is 2. The Morgan fingerprint density at radius 3 is 2.93 bits per heavy atom. The zero-order valence-electron chi connectivity index (χ0n) is 8.48. The highest BCUT2D eigenvalue weighted by molar-refractivity contribution is 4.97. The van der Waals surface area contributed by atoms with E-state index in [2.05, 4.69) is 11.2 Å². The van der Waals surface area contributed by atoms with Crippen molar-refractivity contribution in [3.05, 3.63) is 18.0 Å². The van der Waals surface area contributed by atoms with Crippen LogP contribution in [0.4, 0.5) is 0 Å². The van der Waals surface area contributed by atoms with Crippen LogP contribution in [-0.2, 0) is 6.54 Å². The first-order valence-electron chi connectivity index (χ1n) is 5.19. The minimum absolute atomic E-state index is 0.156. The van der Waals surface area contributed by atoms with E-state index in [1.165, 1.54) is 19.3 Å². The predicted octanol–water partition coefficient (Wildman–Crippen LogP) is 2.13. The van der Waals surface area contributed by atoms with Crippen LogP contribution >= 0.6 is 0 Å². The molecule has 1 fully saturated rings. The molecular weight excluding hydrogens is 174 g/mol. The molecule has 1 aromatic rings. The zero-order valence-corrected chi connectivity index (χ0v) is 8.48. The molecule has 0 saturated heterocycles. The molecule has 2 rings (SSSR count). The third-order valence-electron chi connectivity index (χ3n) is 3.04. The molecule has 1 heterocycles. The van der Waals surface area contributed by atoms with Gasteiger partial charge in [-0.25, -0.2) is 0 Å². The van der Waals surface area contributed by atoms with Crippen LogP contribution in [0.3, 0.4) is 0 Å². The topological polar surface area (TPSA) is 41.6 Å². The number of nitrogens with zero attached hydrogens (tertiary/aromatic N) is 3.